The Balaban J connectivity index is 2.56. The smallest absolute Gasteiger partial charge is 0.202 e. The second kappa shape index (κ2) is 3.93. The number of halogens is 2. The highest BCUT2D eigenvalue weighted by atomic mass is 35.5. The van der Waals surface area contributed by atoms with Crippen LogP contribution in [0.3, 0.4) is 0 Å². The molecule has 0 atom stereocenters. The predicted molar refractivity (Wildman–Crippen MR) is 56.7 cm³/mol. The lowest BCUT2D eigenvalue weighted by Gasteiger charge is -1.96. The van der Waals surface area contributed by atoms with Gasteiger partial charge in [0.2, 0.25) is 5.69 Å². The summed E-state index contributed by atoms with van der Waals surface area (Å²) in [6.45, 7) is 0. The molecule has 2 rings (SSSR count). The predicted octanol–water partition coefficient (Wildman–Crippen LogP) is 3.52. The summed E-state index contributed by atoms with van der Waals surface area (Å²) < 4.78 is 4.96. The molecule has 0 aliphatic rings. The number of hydrogen-bond acceptors (Lipinski definition) is 3. The largest absolute Gasteiger partial charge is 0.353 e. The van der Waals surface area contributed by atoms with Gasteiger partial charge in [-0.2, -0.15) is 5.26 Å². The third-order valence-corrected chi connectivity index (χ3v) is 2.41. The topological polar surface area (TPSA) is 49.8 Å². The van der Waals surface area contributed by atoms with Gasteiger partial charge in [0.15, 0.2) is 5.76 Å². The van der Waals surface area contributed by atoms with Crippen molar-refractivity contribution in [1.82, 2.24) is 5.16 Å². The SMILES string of the molecule is N#Cc1noc(-c2cccc(Cl)c2)c1Cl. The van der Waals surface area contributed by atoms with E-state index in [1.165, 1.54) is 0 Å². The van der Waals surface area contributed by atoms with Crippen LogP contribution in [-0.2, 0) is 0 Å². The fraction of sp³-hybridized carbons (Fsp3) is 0. The Morgan fingerprint density at radius 3 is 2.73 bits per heavy atom. The summed E-state index contributed by atoms with van der Waals surface area (Å²) >= 11 is 11.7. The number of nitrogens with zero attached hydrogens (tertiary/aromatic N) is 2. The molecule has 0 aliphatic heterocycles. The van der Waals surface area contributed by atoms with Gasteiger partial charge in [-0.3, -0.25) is 0 Å². The van der Waals surface area contributed by atoms with Crippen molar-refractivity contribution < 1.29 is 4.52 Å². The Labute approximate surface area is 95.8 Å². The zero-order valence-electron chi connectivity index (χ0n) is 7.37. The van der Waals surface area contributed by atoms with E-state index in [2.05, 4.69) is 5.16 Å². The van der Waals surface area contributed by atoms with Gasteiger partial charge in [0, 0.05) is 10.6 Å². The van der Waals surface area contributed by atoms with Crippen LogP contribution >= 0.6 is 23.2 Å². The van der Waals surface area contributed by atoms with Crippen molar-refractivity contribution in [2.24, 2.45) is 0 Å². The van der Waals surface area contributed by atoms with Crippen LogP contribution in [0.2, 0.25) is 10.0 Å². The van der Waals surface area contributed by atoms with Crippen molar-refractivity contribution >= 4 is 23.2 Å². The Kier molecular flexibility index (Phi) is 2.63. The summed E-state index contributed by atoms with van der Waals surface area (Å²) in [6, 6.07) is 8.80. The van der Waals surface area contributed by atoms with Gasteiger partial charge in [-0.25, -0.2) is 0 Å². The van der Waals surface area contributed by atoms with E-state index in [0.717, 1.165) is 0 Å². The van der Waals surface area contributed by atoms with Gasteiger partial charge in [-0.05, 0) is 12.1 Å². The highest BCUT2D eigenvalue weighted by molar-refractivity contribution is 6.34. The summed E-state index contributed by atoms with van der Waals surface area (Å²) in [4.78, 5) is 0. The van der Waals surface area contributed by atoms with E-state index in [1.807, 2.05) is 6.07 Å². The molecule has 2 aromatic rings. The molecule has 1 aromatic heterocycles. The van der Waals surface area contributed by atoms with Crippen LogP contribution in [0, 0.1) is 11.3 Å². The van der Waals surface area contributed by atoms with Crippen LogP contribution in [0.4, 0.5) is 0 Å². The van der Waals surface area contributed by atoms with E-state index < -0.39 is 0 Å². The third kappa shape index (κ3) is 1.82. The average molecular weight is 239 g/mol. The fourth-order valence-electron chi connectivity index (χ4n) is 1.16. The molecular weight excluding hydrogens is 235 g/mol. The summed E-state index contributed by atoms with van der Waals surface area (Å²) in [6.07, 6.45) is 0. The summed E-state index contributed by atoms with van der Waals surface area (Å²) in [5, 5.41) is 13.0. The molecule has 3 nitrogen and oxygen atoms in total. The Hall–Kier alpha value is -1.50. The van der Waals surface area contributed by atoms with E-state index in [9.17, 15) is 0 Å². The van der Waals surface area contributed by atoms with Gasteiger partial charge in [0.1, 0.15) is 11.1 Å². The first-order valence-corrected chi connectivity index (χ1v) is 4.79. The highest BCUT2D eigenvalue weighted by Gasteiger charge is 2.15. The molecule has 0 fully saturated rings. The summed E-state index contributed by atoms with van der Waals surface area (Å²) in [5.74, 6) is 0.357. The Morgan fingerprint density at radius 1 is 1.33 bits per heavy atom. The molecule has 0 amide bonds. The van der Waals surface area contributed by atoms with Gasteiger partial charge >= 0.3 is 0 Å². The summed E-state index contributed by atoms with van der Waals surface area (Å²) in [5.41, 5.74) is 0.771. The molecule has 5 heteroatoms. The lowest BCUT2D eigenvalue weighted by molar-refractivity contribution is 0.430. The number of nitriles is 1. The number of hydrogen-bond donors (Lipinski definition) is 0. The minimum atomic E-state index is 0.0756. The normalized spacial score (nSPS) is 9.93. The second-order valence-electron chi connectivity index (χ2n) is 2.80. The molecule has 0 N–H and O–H groups in total. The maximum absolute atomic E-state index is 8.65. The lowest BCUT2D eigenvalue weighted by atomic mass is 10.1. The number of benzene rings is 1. The molecule has 0 unspecified atom stereocenters. The first-order chi connectivity index (χ1) is 7.22. The maximum Gasteiger partial charge on any atom is 0.202 e. The monoisotopic (exact) mass is 238 g/mol. The number of rotatable bonds is 1. The molecule has 0 saturated heterocycles. The van der Waals surface area contributed by atoms with E-state index in [4.69, 9.17) is 33.0 Å². The first kappa shape index (κ1) is 10.0. The molecule has 0 saturated carbocycles. The Morgan fingerprint density at radius 2 is 2.13 bits per heavy atom. The van der Waals surface area contributed by atoms with Crippen LogP contribution in [0.25, 0.3) is 11.3 Å². The molecule has 74 valence electrons. The molecule has 0 radical (unpaired) electrons. The highest BCUT2D eigenvalue weighted by Crippen LogP contribution is 2.31. The van der Waals surface area contributed by atoms with Crippen molar-refractivity contribution in [3.05, 3.63) is 40.0 Å². The molecule has 1 aromatic carbocycles. The second-order valence-corrected chi connectivity index (χ2v) is 3.61. The van der Waals surface area contributed by atoms with E-state index >= 15 is 0 Å². The minimum absolute atomic E-state index is 0.0756. The number of aromatic nitrogens is 1. The standard InChI is InChI=1S/C10H4Cl2N2O/c11-7-3-1-2-6(4-7)10-9(12)8(5-13)14-15-10/h1-4H. The van der Waals surface area contributed by atoms with E-state index in [-0.39, 0.29) is 10.7 Å². The van der Waals surface area contributed by atoms with E-state index in [1.54, 1.807) is 24.3 Å². The lowest BCUT2D eigenvalue weighted by Crippen LogP contribution is -1.75. The van der Waals surface area contributed by atoms with Crippen LogP contribution in [0.5, 0.6) is 0 Å². The Bertz CT molecular complexity index is 543. The van der Waals surface area contributed by atoms with Crippen LogP contribution in [-0.4, -0.2) is 5.16 Å². The van der Waals surface area contributed by atoms with Gasteiger partial charge < -0.3 is 4.52 Å². The van der Waals surface area contributed by atoms with Crippen LogP contribution in [0.15, 0.2) is 28.8 Å². The zero-order valence-corrected chi connectivity index (χ0v) is 8.88. The third-order valence-electron chi connectivity index (χ3n) is 1.83. The van der Waals surface area contributed by atoms with Crippen LogP contribution < -0.4 is 0 Å². The van der Waals surface area contributed by atoms with Crippen molar-refractivity contribution in [2.75, 3.05) is 0 Å². The molecule has 15 heavy (non-hydrogen) atoms. The fourth-order valence-corrected chi connectivity index (χ4v) is 1.57. The molecular formula is C10H4Cl2N2O. The molecule has 0 bridgehead atoms. The van der Waals surface area contributed by atoms with Crippen molar-refractivity contribution in [2.45, 2.75) is 0 Å². The van der Waals surface area contributed by atoms with Gasteiger partial charge in [0.25, 0.3) is 0 Å². The molecule has 1 heterocycles. The molecule has 0 aliphatic carbocycles. The van der Waals surface area contributed by atoms with Crippen molar-refractivity contribution in [3.8, 4) is 17.4 Å². The quantitative estimate of drug-likeness (QED) is 0.764. The maximum atomic E-state index is 8.65. The van der Waals surface area contributed by atoms with Gasteiger partial charge in [0.05, 0.1) is 0 Å². The van der Waals surface area contributed by atoms with Gasteiger partial charge in [-0.1, -0.05) is 40.5 Å². The van der Waals surface area contributed by atoms with Gasteiger partial charge in [-0.15, -0.1) is 0 Å². The van der Waals surface area contributed by atoms with Crippen molar-refractivity contribution in [3.63, 3.8) is 0 Å². The van der Waals surface area contributed by atoms with Crippen LogP contribution in [0.1, 0.15) is 5.69 Å². The average Bonchev–Trinajstić information content (AvgIpc) is 2.59. The first-order valence-electron chi connectivity index (χ1n) is 4.03. The minimum Gasteiger partial charge on any atom is -0.353 e. The zero-order chi connectivity index (χ0) is 10.8. The van der Waals surface area contributed by atoms with Crippen molar-refractivity contribution in [1.29, 1.82) is 5.26 Å². The molecule has 0 spiro atoms. The van der Waals surface area contributed by atoms with E-state index in [0.29, 0.717) is 16.3 Å². The summed E-state index contributed by atoms with van der Waals surface area (Å²) in [7, 11) is 0.